The van der Waals surface area contributed by atoms with Crippen molar-refractivity contribution in [3.63, 3.8) is 0 Å². The maximum atomic E-state index is 12.8. The zero-order valence-corrected chi connectivity index (χ0v) is 24.5. The van der Waals surface area contributed by atoms with Crippen molar-refractivity contribution in [1.82, 2.24) is 9.97 Å². The Balaban J connectivity index is 1.96. The smallest absolute Gasteiger partial charge is 0.340 e. The van der Waals surface area contributed by atoms with Crippen LogP contribution in [0, 0.1) is 11.8 Å². The van der Waals surface area contributed by atoms with Crippen LogP contribution in [-0.2, 0) is 15.7 Å². The highest BCUT2D eigenvalue weighted by Gasteiger charge is 2.36. The van der Waals surface area contributed by atoms with Gasteiger partial charge in [-0.25, -0.2) is 14.8 Å². The molecule has 0 spiro atoms. The summed E-state index contributed by atoms with van der Waals surface area (Å²) in [6, 6.07) is 9.22. The number of hydrogen-bond acceptors (Lipinski definition) is 8. The minimum absolute atomic E-state index is 0.0964. The van der Waals surface area contributed by atoms with Gasteiger partial charge in [-0.1, -0.05) is 32.6 Å². The summed E-state index contributed by atoms with van der Waals surface area (Å²) in [7, 11) is 1.31. The van der Waals surface area contributed by atoms with Crippen LogP contribution in [0.4, 0.5) is 5.82 Å². The molecule has 1 heterocycles. The van der Waals surface area contributed by atoms with Crippen molar-refractivity contribution in [3.8, 4) is 23.3 Å². The minimum Gasteiger partial charge on any atom is -0.497 e. The van der Waals surface area contributed by atoms with Gasteiger partial charge in [0, 0.05) is 29.1 Å². The van der Waals surface area contributed by atoms with E-state index in [9.17, 15) is 4.79 Å². The molecule has 0 aliphatic rings. The van der Waals surface area contributed by atoms with E-state index in [-0.39, 0.29) is 11.6 Å². The molecule has 1 N–H and O–H groups in total. The largest absolute Gasteiger partial charge is 0.497 e. The van der Waals surface area contributed by atoms with Crippen LogP contribution in [-0.4, -0.2) is 51.7 Å². The maximum absolute atomic E-state index is 12.8. The van der Waals surface area contributed by atoms with Gasteiger partial charge in [-0.2, -0.15) is 0 Å². The summed E-state index contributed by atoms with van der Waals surface area (Å²) in [5.41, 5.74) is 2.40. The fourth-order valence-electron chi connectivity index (χ4n) is 3.49. The Labute approximate surface area is 226 Å². The molecule has 0 bridgehead atoms. The number of nitrogens with one attached hydrogen (secondary N) is 1. The third-order valence-corrected chi connectivity index (χ3v) is 11.2. The summed E-state index contributed by atoms with van der Waals surface area (Å²) in [6.07, 6.45) is 1.43. The molecule has 3 aromatic rings. The van der Waals surface area contributed by atoms with Gasteiger partial charge in [-0.05, 0) is 49.3 Å². The Bertz CT molecular complexity index is 1360. The summed E-state index contributed by atoms with van der Waals surface area (Å²) in [5.74, 6) is 7.78. The lowest BCUT2D eigenvalue weighted by Crippen LogP contribution is -2.40. The molecule has 0 amide bonds. The van der Waals surface area contributed by atoms with Gasteiger partial charge in [-0.15, -0.1) is 0 Å². The number of fused-ring (bicyclic) bond motifs is 1. The van der Waals surface area contributed by atoms with Crippen molar-refractivity contribution >= 4 is 31.0 Å². The summed E-state index contributed by atoms with van der Waals surface area (Å²) in [4.78, 5) is 21.7. The predicted molar refractivity (Wildman–Crippen MR) is 152 cm³/mol. The van der Waals surface area contributed by atoms with Crippen LogP contribution in [0.2, 0.25) is 18.1 Å². The average molecular weight is 536 g/mol. The van der Waals surface area contributed by atoms with Crippen LogP contribution < -0.4 is 14.8 Å². The van der Waals surface area contributed by atoms with Gasteiger partial charge in [0.25, 0.3) is 0 Å². The Morgan fingerprint density at radius 3 is 2.50 bits per heavy atom. The summed E-state index contributed by atoms with van der Waals surface area (Å²) in [6.45, 7) is 13.7. The van der Waals surface area contributed by atoms with Gasteiger partial charge in [0.1, 0.15) is 23.6 Å². The Kier molecular flexibility index (Phi) is 9.36. The van der Waals surface area contributed by atoms with Crippen molar-refractivity contribution in [2.45, 2.75) is 52.4 Å². The van der Waals surface area contributed by atoms with Crippen LogP contribution in [0.5, 0.6) is 11.5 Å². The molecule has 9 heteroatoms. The molecule has 0 radical (unpaired) electrons. The van der Waals surface area contributed by atoms with Crippen molar-refractivity contribution in [1.29, 1.82) is 0 Å². The normalized spacial score (nSPS) is 11.5. The highest BCUT2D eigenvalue weighted by Crippen LogP contribution is 2.36. The molecule has 0 saturated carbocycles. The number of carbonyl (C=O) groups excluding carboxylic acids is 1. The minimum atomic E-state index is -1.92. The molecule has 0 fully saturated rings. The molecule has 1 aromatic heterocycles. The highest BCUT2D eigenvalue weighted by atomic mass is 28.4. The zero-order valence-electron chi connectivity index (χ0n) is 23.5. The number of anilines is 1. The molecule has 0 aliphatic heterocycles. The zero-order chi connectivity index (χ0) is 27.9. The van der Waals surface area contributed by atoms with E-state index in [1.165, 1.54) is 6.33 Å². The Morgan fingerprint density at radius 1 is 1.08 bits per heavy atom. The molecule has 0 saturated heterocycles. The van der Waals surface area contributed by atoms with Gasteiger partial charge in [0.15, 0.2) is 8.32 Å². The first-order valence-electron chi connectivity index (χ1n) is 12.5. The first-order valence-corrected chi connectivity index (χ1v) is 15.4. The molecule has 38 heavy (non-hydrogen) atoms. The van der Waals surface area contributed by atoms with Crippen LogP contribution in [0.3, 0.4) is 0 Å². The van der Waals surface area contributed by atoms with E-state index in [0.29, 0.717) is 52.5 Å². The lowest BCUT2D eigenvalue weighted by Gasteiger charge is -2.35. The number of benzene rings is 2. The van der Waals surface area contributed by atoms with E-state index in [1.54, 1.807) is 27.2 Å². The highest BCUT2D eigenvalue weighted by molar-refractivity contribution is 6.74. The van der Waals surface area contributed by atoms with Crippen molar-refractivity contribution in [2.24, 2.45) is 0 Å². The van der Waals surface area contributed by atoms with Crippen molar-refractivity contribution in [2.75, 3.05) is 32.8 Å². The number of carbonyl (C=O) groups is 1. The molecule has 8 nitrogen and oxygen atoms in total. The number of nitrogens with zero attached hydrogens (tertiary/aromatic N) is 2. The molecule has 0 unspecified atom stereocenters. The van der Waals surface area contributed by atoms with Gasteiger partial charge in [0.05, 0.1) is 38.5 Å². The molecule has 0 atom stereocenters. The van der Waals surface area contributed by atoms with E-state index in [0.717, 1.165) is 5.56 Å². The van der Waals surface area contributed by atoms with Gasteiger partial charge < -0.3 is 24.0 Å². The first kappa shape index (κ1) is 29.0. The number of rotatable bonds is 9. The molecular formula is C29H37N3O5Si. The van der Waals surface area contributed by atoms with Gasteiger partial charge >= 0.3 is 5.97 Å². The lowest BCUT2D eigenvalue weighted by atomic mass is 10.1. The molecule has 3 rings (SSSR count). The van der Waals surface area contributed by atoms with Gasteiger partial charge in [-0.3, -0.25) is 0 Å². The second-order valence-corrected chi connectivity index (χ2v) is 15.1. The van der Waals surface area contributed by atoms with E-state index in [1.807, 2.05) is 24.3 Å². The third-order valence-electron chi connectivity index (χ3n) is 6.72. The standard InChI is InChI=1S/C29H37N3O5Si/c1-9-36-28(33)24-16-20(11-10-14-37-38(7,8)29(2,3)4)15-23-26(24)31-19-32-27(23)30-18-21-12-13-22(34-5)17-25(21)35-6/h12-13,15-17,19H,9,14,18H2,1-8H3,(H,30,31,32). The van der Waals surface area contributed by atoms with Crippen LogP contribution in [0.25, 0.3) is 10.9 Å². The van der Waals surface area contributed by atoms with Crippen molar-refractivity contribution in [3.05, 3.63) is 53.3 Å². The fourth-order valence-corrected chi connectivity index (χ4v) is 4.36. The van der Waals surface area contributed by atoms with Crippen LogP contribution in [0.1, 0.15) is 49.2 Å². The van der Waals surface area contributed by atoms with Crippen LogP contribution >= 0.6 is 0 Å². The first-order chi connectivity index (χ1) is 18.0. The lowest BCUT2D eigenvalue weighted by molar-refractivity contribution is 0.0528. The van der Waals surface area contributed by atoms with E-state index in [4.69, 9.17) is 18.6 Å². The average Bonchev–Trinajstić information content (AvgIpc) is 2.88. The molecular weight excluding hydrogens is 498 g/mol. The second kappa shape index (κ2) is 12.3. The maximum Gasteiger partial charge on any atom is 0.340 e. The van der Waals surface area contributed by atoms with Crippen LogP contribution in [0.15, 0.2) is 36.7 Å². The second-order valence-electron chi connectivity index (χ2n) is 10.2. The topological polar surface area (TPSA) is 91.8 Å². The fraction of sp³-hybridized carbons (Fsp3) is 0.414. The third kappa shape index (κ3) is 6.82. The molecule has 202 valence electrons. The SMILES string of the molecule is CCOC(=O)c1cc(C#CCO[Si](C)(C)C(C)(C)C)cc2c(NCc3ccc(OC)cc3OC)ncnc12. The Hall–Kier alpha value is -3.61. The summed E-state index contributed by atoms with van der Waals surface area (Å²) in [5, 5.41) is 4.12. The van der Waals surface area contributed by atoms with Gasteiger partial charge in [0.2, 0.25) is 0 Å². The number of aromatic nitrogens is 2. The predicted octanol–water partition coefficient (Wildman–Crippen LogP) is 5.81. The van der Waals surface area contributed by atoms with E-state index >= 15 is 0 Å². The quantitative estimate of drug-likeness (QED) is 0.209. The Morgan fingerprint density at radius 2 is 1.84 bits per heavy atom. The van der Waals surface area contributed by atoms with Crippen molar-refractivity contribution < 1.29 is 23.4 Å². The monoisotopic (exact) mass is 535 g/mol. The van der Waals surface area contributed by atoms with E-state index < -0.39 is 14.3 Å². The number of methoxy groups -OCH3 is 2. The van der Waals surface area contributed by atoms with E-state index in [2.05, 4.69) is 61.0 Å². The number of esters is 1. The summed E-state index contributed by atoms with van der Waals surface area (Å²) >= 11 is 0. The molecule has 0 aliphatic carbocycles. The number of hydrogen-bond donors (Lipinski definition) is 1. The number of ether oxygens (including phenoxy) is 3. The molecule has 2 aromatic carbocycles. The summed E-state index contributed by atoms with van der Waals surface area (Å²) < 4.78 is 22.3.